The molecule has 17 heteroatoms. The number of ketones is 2. The van der Waals surface area contributed by atoms with Crippen molar-refractivity contribution in [3.8, 4) is 17.0 Å². The number of Topliss-reactive ketones (excluding diaryl/α,β-unsaturated/α-hetero) is 2. The second kappa shape index (κ2) is 16.8. The van der Waals surface area contributed by atoms with Gasteiger partial charge in [0.2, 0.25) is 0 Å². The number of carbonyl (C=O) groups excluding carboxylic acids is 5. The Morgan fingerprint density at radius 2 is 1.55 bits per heavy atom. The van der Waals surface area contributed by atoms with E-state index in [1.54, 1.807) is 12.1 Å². The van der Waals surface area contributed by atoms with Gasteiger partial charge in [-0.25, -0.2) is 19.0 Å². The third-order valence-corrected chi connectivity index (χ3v) is 13.9. The lowest BCUT2D eigenvalue weighted by Crippen LogP contribution is -2.59. The van der Waals surface area contributed by atoms with Gasteiger partial charge >= 0.3 is 0 Å². The number of amides is 3. The molecule has 3 N–H and O–H groups in total. The Morgan fingerprint density at radius 1 is 0.828 bits per heavy atom. The van der Waals surface area contributed by atoms with Gasteiger partial charge in [0, 0.05) is 75.6 Å². The number of rotatable bonds is 10. The fourth-order valence-corrected chi connectivity index (χ4v) is 10.2. The summed E-state index contributed by atoms with van der Waals surface area (Å²) in [6.45, 7) is 5.59. The molecule has 0 radical (unpaired) electrons. The lowest BCUT2D eigenvalue weighted by Gasteiger charge is -2.51. The molecule has 5 aromatic rings. The molecule has 10 rings (SSSR count). The van der Waals surface area contributed by atoms with Crippen LogP contribution < -0.4 is 20.7 Å². The Labute approximate surface area is 368 Å². The Balaban J connectivity index is 0.720. The fourth-order valence-electron chi connectivity index (χ4n) is 10.2. The lowest BCUT2D eigenvalue weighted by atomic mass is 9.82. The number of fused-ring (bicyclic) bond motifs is 2. The number of nitrogen functional groups attached to an aromatic ring is 1. The van der Waals surface area contributed by atoms with E-state index in [0.717, 1.165) is 92.7 Å². The summed E-state index contributed by atoms with van der Waals surface area (Å²) in [5.41, 5.74) is 11.2. The van der Waals surface area contributed by atoms with E-state index in [0.29, 0.717) is 51.5 Å². The predicted molar refractivity (Wildman–Crippen MR) is 234 cm³/mol. The van der Waals surface area contributed by atoms with Crippen molar-refractivity contribution in [2.45, 2.75) is 75.7 Å². The van der Waals surface area contributed by atoms with Gasteiger partial charge in [0.1, 0.15) is 35.2 Å². The van der Waals surface area contributed by atoms with Crippen LogP contribution in [-0.4, -0.2) is 128 Å². The van der Waals surface area contributed by atoms with E-state index in [1.807, 2.05) is 35.0 Å². The predicted octanol–water partition coefficient (Wildman–Crippen LogP) is 4.43. The molecule has 330 valence electrons. The van der Waals surface area contributed by atoms with Crippen LogP contribution in [-0.2, 0) is 16.1 Å². The number of anilines is 2. The van der Waals surface area contributed by atoms with Crippen molar-refractivity contribution in [3.63, 3.8) is 0 Å². The lowest BCUT2D eigenvalue weighted by molar-refractivity contribution is -0.132. The van der Waals surface area contributed by atoms with Crippen molar-refractivity contribution in [2.75, 3.05) is 57.0 Å². The molecular weight excluding hydrogens is 820 g/mol. The number of hydrogen-bond donors (Lipinski definition) is 2. The smallest absolute Gasteiger partial charge is 0.262 e. The molecule has 4 fully saturated rings. The largest absolute Gasteiger partial charge is 0.496 e. The van der Waals surface area contributed by atoms with Crippen LogP contribution in [0.25, 0.3) is 22.3 Å². The second-order valence-electron chi connectivity index (χ2n) is 17.5. The number of ether oxygens (including phenoxy) is 1. The molecule has 0 spiro atoms. The number of hydrogen-bond acceptors (Lipinski definition) is 13. The van der Waals surface area contributed by atoms with Crippen LogP contribution in [0.2, 0.25) is 0 Å². The number of benzene rings is 3. The first-order valence-electron chi connectivity index (χ1n) is 22.0. The van der Waals surface area contributed by atoms with Crippen LogP contribution in [0.4, 0.5) is 15.9 Å². The molecule has 3 aromatic carbocycles. The highest BCUT2D eigenvalue weighted by Crippen LogP contribution is 2.38. The van der Waals surface area contributed by atoms with E-state index in [2.05, 4.69) is 30.0 Å². The number of nitrogens with one attached hydrogen (secondary N) is 1. The first-order valence-corrected chi connectivity index (χ1v) is 22.0. The van der Waals surface area contributed by atoms with E-state index in [-0.39, 0.29) is 49.0 Å². The van der Waals surface area contributed by atoms with Crippen LogP contribution >= 0.6 is 0 Å². The van der Waals surface area contributed by atoms with Crippen molar-refractivity contribution >= 4 is 51.8 Å². The topological polar surface area (TPSA) is 189 Å². The molecule has 5 heterocycles. The van der Waals surface area contributed by atoms with Crippen LogP contribution in [0.15, 0.2) is 67.0 Å². The number of piperidine rings is 1. The van der Waals surface area contributed by atoms with Gasteiger partial charge < -0.3 is 25.6 Å². The maximum absolute atomic E-state index is 13.9. The summed E-state index contributed by atoms with van der Waals surface area (Å²) in [5, 5.41) is 8.66. The van der Waals surface area contributed by atoms with Gasteiger partial charge in [-0.2, -0.15) is 5.10 Å². The molecule has 2 saturated carbocycles. The molecule has 3 amide bonds. The summed E-state index contributed by atoms with van der Waals surface area (Å²) in [7, 11) is 1.44. The molecule has 2 saturated heterocycles. The number of carbonyl (C=O) groups is 5. The zero-order valence-corrected chi connectivity index (χ0v) is 35.5. The third-order valence-electron chi connectivity index (χ3n) is 13.9. The number of aromatic nitrogens is 4. The minimum atomic E-state index is -0.870. The number of piperazine rings is 1. The minimum Gasteiger partial charge on any atom is -0.496 e. The highest BCUT2D eigenvalue weighted by molar-refractivity contribution is 6.24. The Kier molecular flexibility index (Phi) is 10.9. The first kappa shape index (κ1) is 41.4. The molecular formula is C47H49FN10O6. The number of nitrogens with two attached hydrogens (primary N) is 1. The van der Waals surface area contributed by atoms with Crippen molar-refractivity contribution in [2.24, 2.45) is 0 Å². The van der Waals surface area contributed by atoms with E-state index in [4.69, 9.17) is 15.6 Å². The van der Waals surface area contributed by atoms with Crippen LogP contribution in [0, 0.1) is 5.82 Å². The minimum absolute atomic E-state index is 0.127. The summed E-state index contributed by atoms with van der Waals surface area (Å²) in [4.78, 5) is 81.3. The van der Waals surface area contributed by atoms with E-state index in [1.165, 1.54) is 25.6 Å². The summed E-state index contributed by atoms with van der Waals surface area (Å²) < 4.78 is 21.1. The average Bonchev–Trinajstić information content (AvgIpc) is 3.80. The van der Waals surface area contributed by atoms with Crippen molar-refractivity contribution < 1.29 is 33.1 Å². The van der Waals surface area contributed by atoms with E-state index >= 15 is 0 Å². The van der Waals surface area contributed by atoms with E-state index < -0.39 is 29.6 Å². The Hall–Kier alpha value is -6.59. The normalized spacial score (nSPS) is 22.2. The average molecular weight is 869 g/mol. The van der Waals surface area contributed by atoms with Gasteiger partial charge in [0.15, 0.2) is 11.4 Å². The first-order chi connectivity index (χ1) is 31.0. The monoisotopic (exact) mass is 868 g/mol. The maximum atomic E-state index is 13.9. The maximum Gasteiger partial charge on any atom is 0.262 e. The standard InChI is InChI=1S/C47H49FN10O6/c1-64-40-11-6-29(48)20-37(40)45(61)50-25-27-2-4-28(5-3-27)42-41-43(49)51-26-52-44(41)58(53-42)30-12-14-54(15-13-30)32-21-33(22-32)56-18-16-55(17-19-56)31-7-9-35-36(23-31)47(63)57(46(35)62)38-10-8-34(59)24-39(38)60/h2-7,9,11,20,23,26,30,32-33,38H,8,10,12-19,21-22,24-25H2,1H3,(H,50,61)(H2,49,51,52)/t32?,33?,38-/m0/s1. The summed E-state index contributed by atoms with van der Waals surface area (Å²) in [6, 6.07) is 17.3. The number of halogens is 1. The van der Waals surface area contributed by atoms with Gasteiger partial charge in [-0.3, -0.25) is 33.8 Å². The number of methoxy groups -OCH3 is 1. The molecule has 16 nitrogen and oxygen atoms in total. The van der Waals surface area contributed by atoms with Crippen LogP contribution in [0.3, 0.4) is 0 Å². The van der Waals surface area contributed by atoms with Crippen molar-refractivity contribution in [1.29, 1.82) is 0 Å². The van der Waals surface area contributed by atoms with Crippen LogP contribution in [0.5, 0.6) is 5.75 Å². The van der Waals surface area contributed by atoms with Gasteiger partial charge in [0.05, 0.1) is 47.7 Å². The number of likely N-dealkylation sites (tertiary alicyclic amines) is 1. The molecule has 5 aliphatic rings. The van der Waals surface area contributed by atoms with Gasteiger partial charge in [-0.15, -0.1) is 0 Å². The summed E-state index contributed by atoms with van der Waals surface area (Å²) in [5.74, 6) is -1.71. The fraction of sp³-hybridized carbons (Fsp3) is 0.404. The van der Waals surface area contributed by atoms with Crippen LogP contribution in [0.1, 0.15) is 87.6 Å². The van der Waals surface area contributed by atoms with Crippen molar-refractivity contribution in [1.82, 2.24) is 39.8 Å². The Bertz CT molecular complexity index is 2680. The second-order valence-corrected chi connectivity index (χ2v) is 17.5. The zero-order chi connectivity index (χ0) is 44.2. The highest BCUT2D eigenvalue weighted by Gasteiger charge is 2.45. The Morgan fingerprint density at radius 3 is 2.27 bits per heavy atom. The third kappa shape index (κ3) is 7.55. The molecule has 64 heavy (non-hydrogen) atoms. The number of imide groups is 1. The van der Waals surface area contributed by atoms with Gasteiger partial charge in [-0.1, -0.05) is 24.3 Å². The molecule has 1 atom stereocenters. The highest BCUT2D eigenvalue weighted by atomic mass is 19.1. The molecule has 2 aromatic heterocycles. The molecule has 3 aliphatic heterocycles. The molecule has 0 unspecified atom stereocenters. The molecule has 2 aliphatic carbocycles. The summed E-state index contributed by atoms with van der Waals surface area (Å²) in [6.07, 6.45) is 5.75. The zero-order valence-electron chi connectivity index (χ0n) is 35.5. The van der Waals surface area contributed by atoms with Gasteiger partial charge in [-0.05, 0) is 74.1 Å². The summed E-state index contributed by atoms with van der Waals surface area (Å²) >= 11 is 0. The number of nitrogens with zero attached hydrogens (tertiary/aromatic N) is 8. The quantitative estimate of drug-likeness (QED) is 0.148. The van der Waals surface area contributed by atoms with Gasteiger partial charge in [0.25, 0.3) is 17.7 Å². The van der Waals surface area contributed by atoms with Crippen molar-refractivity contribution in [3.05, 3.63) is 95.1 Å². The SMILES string of the molecule is COc1ccc(F)cc1C(=O)NCc1ccc(-c2nn(C3CCN(C4CC(N5CCN(c6ccc7c(c6)C(=O)N([C@H]6CCC(=O)CC6=O)C7=O)CC5)C4)CC3)c3ncnc(N)c23)cc1. The molecule has 0 bridgehead atoms. The van der Waals surface area contributed by atoms with E-state index in [9.17, 15) is 28.4 Å².